The van der Waals surface area contributed by atoms with E-state index in [2.05, 4.69) is 93.9 Å². The molecule has 0 bridgehead atoms. The van der Waals surface area contributed by atoms with E-state index in [1.807, 2.05) is 0 Å². The van der Waals surface area contributed by atoms with Gasteiger partial charge in [0.25, 0.3) is 0 Å². The van der Waals surface area contributed by atoms with E-state index < -0.39 is 0 Å². The standard InChI is InChI=1S/C27H40N6.HI/c1-3-28-27(30-25-14-17-33(22-25)26-8-5-4-6-9-26)29-20-23-10-12-24(13-11-23)21-32-16-7-15-31(2)18-19-32;/h4-6,8-13,25H,3,7,14-22H2,1-2H3,(H2,28,29,30);1H. The van der Waals surface area contributed by atoms with Gasteiger partial charge in [0.2, 0.25) is 0 Å². The highest BCUT2D eigenvalue weighted by Gasteiger charge is 2.23. The Bertz CT molecular complexity index is 872. The molecule has 0 spiro atoms. The number of halogens is 1. The molecule has 6 nitrogen and oxygen atoms in total. The van der Waals surface area contributed by atoms with Gasteiger partial charge >= 0.3 is 0 Å². The lowest BCUT2D eigenvalue weighted by atomic mass is 10.1. The summed E-state index contributed by atoms with van der Waals surface area (Å²) in [4.78, 5) is 12.3. The number of hydrogen-bond acceptors (Lipinski definition) is 4. The number of nitrogens with zero attached hydrogens (tertiary/aromatic N) is 4. The number of anilines is 1. The van der Waals surface area contributed by atoms with Gasteiger partial charge in [0.15, 0.2) is 5.96 Å². The van der Waals surface area contributed by atoms with E-state index in [1.165, 1.54) is 36.3 Å². The smallest absolute Gasteiger partial charge is 0.191 e. The van der Waals surface area contributed by atoms with Gasteiger partial charge in [0.05, 0.1) is 6.54 Å². The number of nitrogens with one attached hydrogen (secondary N) is 2. The maximum atomic E-state index is 4.87. The van der Waals surface area contributed by atoms with Crippen LogP contribution in [0.3, 0.4) is 0 Å². The second kappa shape index (κ2) is 13.9. The second-order valence-corrected chi connectivity index (χ2v) is 9.36. The highest BCUT2D eigenvalue weighted by Crippen LogP contribution is 2.19. The first kappa shape index (κ1) is 26.8. The number of rotatable bonds is 7. The molecule has 2 saturated heterocycles. The van der Waals surface area contributed by atoms with Gasteiger partial charge in [-0.3, -0.25) is 4.90 Å². The van der Waals surface area contributed by atoms with Gasteiger partial charge in [-0.1, -0.05) is 42.5 Å². The lowest BCUT2D eigenvalue weighted by Crippen LogP contribution is -2.44. The number of likely N-dealkylation sites (N-methyl/N-ethyl adjacent to an activating group) is 1. The average Bonchev–Trinajstić information content (AvgIpc) is 3.21. The minimum absolute atomic E-state index is 0. The van der Waals surface area contributed by atoms with E-state index in [-0.39, 0.29) is 24.0 Å². The SMILES string of the molecule is CCNC(=NCc1ccc(CN2CCCN(C)CC2)cc1)NC1CCN(c2ccccc2)C1.I. The van der Waals surface area contributed by atoms with E-state index >= 15 is 0 Å². The number of aliphatic imine (C=N–C) groups is 1. The van der Waals surface area contributed by atoms with Gasteiger partial charge in [-0.25, -0.2) is 4.99 Å². The van der Waals surface area contributed by atoms with Gasteiger partial charge in [0.1, 0.15) is 0 Å². The van der Waals surface area contributed by atoms with E-state index in [0.717, 1.165) is 51.6 Å². The number of para-hydroxylation sites is 1. The summed E-state index contributed by atoms with van der Waals surface area (Å²) in [6.45, 7) is 11.5. The van der Waals surface area contributed by atoms with Crippen LogP contribution in [0.1, 0.15) is 30.9 Å². The van der Waals surface area contributed by atoms with Crippen molar-refractivity contribution in [2.24, 2.45) is 4.99 Å². The maximum Gasteiger partial charge on any atom is 0.191 e. The highest BCUT2D eigenvalue weighted by atomic mass is 127. The van der Waals surface area contributed by atoms with Crippen LogP contribution in [0.15, 0.2) is 59.6 Å². The predicted octanol–water partition coefficient (Wildman–Crippen LogP) is 3.78. The molecule has 2 aliphatic rings. The third-order valence-electron chi connectivity index (χ3n) is 6.66. The third-order valence-corrected chi connectivity index (χ3v) is 6.66. The first-order valence-corrected chi connectivity index (χ1v) is 12.5. The molecular weight excluding hydrogens is 535 g/mol. The summed E-state index contributed by atoms with van der Waals surface area (Å²) < 4.78 is 0. The highest BCUT2D eigenvalue weighted by molar-refractivity contribution is 14.0. The first-order valence-electron chi connectivity index (χ1n) is 12.5. The van der Waals surface area contributed by atoms with Gasteiger partial charge in [-0.2, -0.15) is 0 Å². The quantitative estimate of drug-likeness (QED) is 0.299. The van der Waals surface area contributed by atoms with E-state index in [9.17, 15) is 0 Å². The number of benzene rings is 2. The zero-order valence-electron chi connectivity index (χ0n) is 20.7. The van der Waals surface area contributed by atoms with Crippen LogP contribution in [0.5, 0.6) is 0 Å². The number of hydrogen-bond donors (Lipinski definition) is 2. The molecule has 7 heteroatoms. The fraction of sp³-hybridized carbons (Fsp3) is 0.519. The van der Waals surface area contributed by atoms with Crippen LogP contribution in [-0.4, -0.2) is 74.7 Å². The topological polar surface area (TPSA) is 46.1 Å². The Morgan fingerprint density at radius 2 is 1.71 bits per heavy atom. The van der Waals surface area contributed by atoms with Crippen LogP contribution in [0, 0.1) is 0 Å². The average molecular weight is 577 g/mol. The molecule has 2 aliphatic heterocycles. The van der Waals surface area contributed by atoms with Gasteiger partial charge in [-0.05, 0) is 63.2 Å². The Balaban J connectivity index is 0.00000324. The largest absolute Gasteiger partial charge is 0.369 e. The Morgan fingerprint density at radius 1 is 0.941 bits per heavy atom. The molecule has 0 amide bonds. The van der Waals surface area contributed by atoms with Crippen molar-refractivity contribution in [1.82, 2.24) is 20.4 Å². The molecule has 1 atom stereocenters. The lowest BCUT2D eigenvalue weighted by Gasteiger charge is -2.20. The zero-order chi connectivity index (χ0) is 22.9. The molecule has 1 unspecified atom stereocenters. The van der Waals surface area contributed by atoms with Crippen molar-refractivity contribution in [2.75, 3.05) is 57.8 Å². The summed E-state index contributed by atoms with van der Waals surface area (Å²) in [6.07, 6.45) is 2.38. The lowest BCUT2D eigenvalue weighted by molar-refractivity contribution is 0.269. The fourth-order valence-corrected chi connectivity index (χ4v) is 4.70. The maximum absolute atomic E-state index is 4.87. The molecule has 0 saturated carbocycles. The van der Waals surface area contributed by atoms with E-state index in [4.69, 9.17) is 4.99 Å². The minimum Gasteiger partial charge on any atom is -0.369 e. The molecule has 34 heavy (non-hydrogen) atoms. The van der Waals surface area contributed by atoms with E-state index in [1.54, 1.807) is 0 Å². The summed E-state index contributed by atoms with van der Waals surface area (Å²) in [6, 6.07) is 20.1. The summed E-state index contributed by atoms with van der Waals surface area (Å²) in [5, 5.41) is 7.07. The summed E-state index contributed by atoms with van der Waals surface area (Å²) in [5.74, 6) is 0.912. The molecule has 0 aromatic heterocycles. The molecule has 2 N–H and O–H groups in total. The summed E-state index contributed by atoms with van der Waals surface area (Å²) in [5.41, 5.74) is 3.95. The molecule has 186 valence electrons. The summed E-state index contributed by atoms with van der Waals surface area (Å²) in [7, 11) is 2.22. The minimum atomic E-state index is 0. The molecule has 0 radical (unpaired) electrons. The van der Waals surface area contributed by atoms with Crippen LogP contribution < -0.4 is 15.5 Å². The molecule has 2 aromatic carbocycles. The Kier molecular flexibility index (Phi) is 10.9. The van der Waals surface area contributed by atoms with Crippen molar-refractivity contribution in [3.8, 4) is 0 Å². The molecule has 2 aromatic rings. The van der Waals surface area contributed by atoms with Crippen molar-refractivity contribution in [2.45, 2.75) is 38.9 Å². The Morgan fingerprint density at radius 3 is 2.47 bits per heavy atom. The zero-order valence-corrected chi connectivity index (χ0v) is 23.1. The molecule has 2 fully saturated rings. The van der Waals surface area contributed by atoms with Crippen LogP contribution in [0.4, 0.5) is 5.69 Å². The van der Waals surface area contributed by atoms with Crippen molar-refractivity contribution in [1.29, 1.82) is 0 Å². The van der Waals surface area contributed by atoms with Gasteiger partial charge in [0, 0.05) is 51.0 Å². The van der Waals surface area contributed by atoms with Gasteiger partial charge < -0.3 is 20.4 Å². The Labute approximate surface area is 222 Å². The third kappa shape index (κ3) is 8.13. The van der Waals surface area contributed by atoms with Crippen molar-refractivity contribution in [3.05, 3.63) is 65.7 Å². The molecule has 2 heterocycles. The van der Waals surface area contributed by atoms with Crippen LogP contribution in [-0.2, 0) is 13.1 Å². The number of guanidine groups is 1. The summed E-state index contributed by atoms with van der Waals surface area (Å²) >= 11 is 0. The van der Waals surface area contributed by atoms with Crippen molar-refractivity contribution in [3.63, 3.8) is 0 Å². The fourth-order valence-electron chi connectivity index (χ4n) is 4.70. The Hall–Kier alpha value is -1.84. The second-order valence-electron chi connectivity index (χ2n) is 9.36. The molecule has 0 aliphatic carbocycles. The first-order chi connectivity index (χ1) is 16.2. The normalized spacial score (nSPS) is 20.0. The van der Waals surface area contributed by atoms with Crippen LogP contribution in [0.25, 0.3) is 0 Å². The molecular formula is C27H41IN6. The van der Waals surface area contributed by atoms with Crippen molar-refractivity contribution < 1.29 is 0 Å². The van der Waals surface area contributed by atoms with Crippen molar-refractivity contribution >= 4 is 35.6 Å². The monoisotopic (exact) mass is 576 g/mol. The molecule has 4 rings (SSSR count). The predicted molar refractivity (Wildman–Crippen MR) is 154 cm³/mol. The van der Waals surface area contributed by atoms with E-state index in [0.29, 0.717) is 12.6 Å². The van der Waals surface area contributed by atoms with Crippen LogP contribution in [0.2, 0.25) is 0 Å². The van der Waals surface area contributed by atoms with Crippen LogP contribution >= 0.6 is 24.0 Å². The van der Waals surface area contributed by atoms with Gasteiger partial charge in [-0.15, -0.1) is 24.0 Å².